The predicted octanol–water partition coefficient (Wildman–Crippen LogP) is 1.75. The van der Waals surface area contributed by atoms with Gasteiger partial charge in [0.2, 0.25) is 0 Å². The molecule has 1 rings (SSSR count). The van der Waals surface area contributed by atoms with Crippen molar-refractivity contribution in [1.82, 2.24) is 0 Å². The van der Waals surface area contributed by atoms with Crippen LogP contribution in [0.2, 0.25) is 0 Å². The highest BCUT2D eigenvalue weighted by Gasteiger charge is 2.10. The molecule has 0 bridgehead atoms. The van der Waals surface area contributed by atoms with Crippen molar-refractivity contribution in [2.45, 2.75) is 19.4 Å². The van der Waals surface area contributed by atoms with E-state index in [1.54, 1.807) is 12.1 Å². The minimum Gasteiger partial charge on any atom is -0.504 e. The molecule has 3 nitrogen and oxygen atoms in total. The lowest BCUT2D eigenvalue weighted by Gasteiger charge is -2.09. The van der Waals surface area contributed by atoms with Gasteiger partial charge >= 0.3 is 0 Å². The van der Waals surface area contributed by atoms with E-state index >= 15 is 0 Å². The summed E-state index contributed by atoms with van der Waals surface area (Å²) < 4.78 is 0.485. The second-order valence-electron chi connectivity index (χ2n) is 3.09. The molecule has 4 N–H and O–H groups in total. The molecule has 0 spiro atoms. The molecule has 72 valence electrons. The Bertz CT molecular complexity index is 313. The third-order valence-electron chi connectivity index (χ3n) is 1.73. The molecule has 0 fully saturated rings. The number of nitrogens with two attached hydrogens (primary N) is 1. The number of phenolic OH excluding ortho intramolecular Hbond substituents is 2. The van der Waals surface area contributed by atoms with Gasteiger partial charge in [-0.1, -0.05) is 6.07 Å². The van der Waals surface area contributed by atoms with Crippen molar-refractivity contribution in [1.29, 1.82) is 0 Å². The molecule has 1 aromatic carbocycles. The van der Waals surface area contributed by atoms with E-state index < -0.39 is 0 Å². The van der Waals surface area contributed by atoms with E-state index in [2.05, 4.69) is 15.9 Å². The third kappa shape index (κ3) is 2.35. The highest BCUT2D eigenvalue weighted by atomic mass is 79.9. The fraction of sp³-hybridized carbons (Fsp3) is 0.333. The summed E-state index contributed by atoms with van der Waals surface area (Å²) in [6, 6.07) is 3.39. The van der Waals surface area contributed by atoms with Crippen molar-refractivity contribution >= 4 is 15.9 Å². The van der Waals surface area contributed by atoms with Crippen molar-refractivity contribution < 1.29 is 10.2 Å². The van der Waals surface area contributed by atoms with E-state index in [1.807, 2.05) is 6.92 Å². The average molecular weight is 246 g/mol. The molecule has 1 aromatic rings. The van der Waals surface area contributed by atoms with Crippen LogP contribution in [0.5, 0.6) is 11.5 Å². The van der Waals surface area contributed by atoms with Crippen molar-refractivity contribution in [3.05, 3.63) is 22.2 Å². The van der Waals surface area contributed by atoms with Crippen LogP contribution in [-0.2, 0) is 6.42 Å². The van der Waals surface area contributed by atoms with Crippen molar-refractivity contribution in [2.24, 2.45) is 5.73 Å². The summed E-state index contributed by atoms with van der Waals surface area (Å²) in [5.74, 6) is -0.218. The van der Waals surface area contributed by atoms with Gasteiger partial charge in [-0.15, -0.1) is 0 Å². The van der Waals surface area contributed by atoms with Crippen molar-refractivity contribution in [3.63, 3.8) is 0 Å². The van der Waals surface area contributed by atoms with Crippen LogP contribution < -0.4 is 5.73 Å². The summed E-state index contributed by atoms with van der Waals surface area (Å²) in [5.41, 5.74) is 6.24. The molecule has 4 heteroatoms. The van der Waals surface area contributed by atoms with Gasteiger partial charge < -0.3 is 15.9 Å². The highest BCUT2D eigenvalue weighted by Crippen LogP contribution is 2.36. The molecular weight excluding hydrogens is 234 g/mol. The number of benzene rings is 1. The zero-order valence-electron chi connectivity index (χ0n) is 7.29. The number of phenols is 2. The number of hydrogen-bond acceptors (Lipinski definition) is 3. The molecule has 0 saturated carbocycles. The van der Waals surface area contributed by atoms with Gasteiger partial charge in [-0.25, -0.2) is 0 Å². The molecular formula is C9H12BrNO2. The Morgan fingerprint density at radius 2 is 2.00 bits per heavy atom. The van der Waals surface area contributed by atoms with E-state index in [1.165, 1.54) is 0 Å². The summed E-state index contributed by atoms with van der Waals surface area (Å²) in [5, 5.41) is 18.9. The molecule has 13 heavy (non-hydrogen) atoms. The second kappa shape index (κ2) is 3.98. The first-order valence-electron chi connectivity index (χ1n) is 3.97. The first-order valence-corrected chi connectivity index (χ1v) is 4.76. The molecule has 0 aliphatic heterocycles. The summed E-state index contributed by atoms with van der Waals surface area (Å²) in [6.07, 6.45) is 0.548. The maximum Gasteiger partial charge on any atom is 0.172 e. The van der Waals surface area contributed by atoms with Gasteiger partial charge in [0.1, 0.15) is 0 Å². The van der Waals surface area contributed by atoms with Crippen LogP contribution in [0.1, 0.15) is 12.5 Å². The van der Waals surface area contributed by atoms with Crippen molar-refractivity contribution in [3.8, 4) is 11.5 Å². The Morgan fingerprint density at radius 3 is 2.54 bits per heavy atom. The van der Waals surface area contributed by atoms with Crippen LogP contribution in [0.3, 0.4) is 0 Å². The Morgan fingerprint density at radius 1 is 1.38 bits per heavy atom. The lowest BCUT2D eigenvalue weighted by atomic mass is 10.1. The zero-order chi connectivity index (χ0) is 10.0. The fourth-order valence-corrected chi connectivity index (χ4v) is 1.43. The molecule has 0 aromatic heterocycles. The van der Waals surface area contributed by atoms with Crippen LogP contribution in [0.25, 0.3) is 0 Å². The topological polar surface area (TPSA) is 66.5 Å². The van der Waals surface area contributed by atoms with Gasteiger partial charge in [0, 0.05) is 6.04 Å². The lowest BCUT2D eigenvalue weighted by Crippen LogP contribution is -2.17. The van der Waals surface area contributed by atoms with E-state index in [9.17, 15) is 10.2 Å². The fourth-order valence-electron chi connectivity index (χ4n) is 1.11. The van der Waals surface area contributed by atoms with E-state index in [0.29, 0.717) is 16.5 Å². The van der Waals surface area contributed by atoms with Gasteiger partial charge in [-0.3, -0.25) is 0 Å². The summed E-state index contributed by atoms with van der Waals surface area (Å²) >= 11 is 3.11. The first-order chi connectivity index (χ1) is 6.02. The van der Waals surface area contributed by atoms with Crippen LogP contribution in [0.15, 0.2) is 16.6 Å². The van der Waals surface area contributed by atoms with Crippen LogP contribution in [0, 0.1) is 0 Å². The van der Waals surface area contributed by atoms with E-state index in [4.69, 9.17) is 5.73 Å². The highest BCUT2D eigenvalue weighted by molar-refractivity contribution is 9.10. The number of halogens is 1. The quantitative estimate of drug-likeness (QED) is 0.696. The van der Waals surface area contributed by atoms with Gasteiger partial charge in [0.25, 0.3) is 0 Å². The molecule has 0 aliphatic carbocycles. The van der Waals surface area contributed by atoms with Crippen LogP contribution >= 0.6 is 15.9 Å². The Balaban J connectivity index is 3.04. The Hall–Kier alpha value is -0.740. The normalized spacial score (nSPS) is 12.8. The summed E-state index contributed by atoms with van der Waals surface area (Å²) in [6.45, 7) is 1.85. The molecule has 0 saturated heterocycles. The zero-order valence-corrected chi connectivity index (χ0v) is 8.87. The molecule has 0 aliphatic rings. The summed E-state index contributed by atoms with van der Waals surface area (Å²) in [7, 11) is 0. The predicted molar refractivity (Wildman–Crippen MR) is 54.8 cm³/mol. The average Bonchev–Trinajstić information content (AvgIpc) is 2.06. The number of rotatable bonds is 2. The maximum atomic E-state index is 9.49. The number of hydrogen-bond donors (Lipinski definition) is 3. The van der Waals surface area contributed by atoms with Gasteiger partial charge in [0.15, 0.2) is 11.5 Å². The SMILES string of the molecule is CC(N)Cc1ccc(Br)c(O)c1O. The maximum absolute atomic E-state index is 9.49. The molecule has 0 radical (unpaired) electrons. The second-order valence-corrected chi connectivity index (χ2v) is 3.94. The number of aromatic hydroxyl groups is 2. The van der Waals surface area contributed by atoms with E-state index in [-0.39, 0.29) is 17.5 Å². The minimum absolute atomic E-state index is 0.0357. The third-order valence-corrected chi connectivity index (χ3v) is 2.37. The van der Waals surface area contributed by atoms with Crippen molar-refractivity contribution in [2.75, 3.05) is 0 Å². The molecule has 0 heterocycles. The molecule has 1 unspecified atom stereocenters. The van der Waals surface area contributed by atoms with Crippen LogP contribution in [0.4, 0.5) is 0 Å². The molecule has 1 atom stereocenters. The monoisotopic (exact) mass is 245 g/mol. The van der Waals surface area contributed by atoms with Crippen LogP contribution in [-0.4, -0.2) is 16.3 Å². The Kier molecular flexibility index (Phi) is 3.17. The Labute approximate surface area is 85.3 Å². The lowest BCUT2D eigenvalue weighted by molar-refractivity contribution is 0.396. The minimum atomic E-state index is -0.127. The molecule has 0 amide bonds. The standard InChI is InChI=1S/C9H12BrNO2/c1-5(11)4-6-2-3-7(10)9(13)8(6)12/h2-3,5,12-13H,4,11H2,1H3. The van der Waals surface area contributed by atoms with E-state index in [0.717, 1.165) is 0 Å². The first kappa shape index (κ1) is 10.3. The van der Waals surface area contributed by atoms with Gasteiger partial charge in [-0.05, 0) is 40.9 Å². The van der Waals surface area contributed by atoms with Gasteiger partial charge in [0.05, 0.1) is 4.47 Å². The largest absolute Gasteiger partial charge is 0.504 e. The smallest absolute Gasteiger partial charge is 0.172 e. The van der Waals surface area contributed by atoms with Gasteiger partial charge in [-0.2, -0.15) is 0 Å². The summed E-state index contributed by atoms with van der Waals surface area (Å²) in [4.78, 5) is 0.